The fourth-order valence-electron chi connectivity index (χ4n) is 3.66. The van der Waals surface area contributed by atoms with Gasteiger partial charge in [-0.1, -0.05) is 20.8 Å². The highest BCUT2D eigenvalue weighted by Crippen LogP contribution is 2.36. The maximum absolute atomic E-state index is 13.6. The number of amides is 1. The average Bonchev–Trinajstić information content (AvgIpc) is 3.36. The molecule has 4 rings (SSSR count). The molecule has 7 nitrogen and oxygen atoms in total. The van der Waals surface area contributed by atoms with Crippen LogP contribution in [0.25, 0.3) is 5.69 Å². The highest BCUT2D eigenvalue weighted by Gasteiger charge is 2.32. The predicted octanol–water partition coefficient (Wildman–Crippen LogP) is 4.47. The fraction of sp³-hybridized carbons (Fsp3) is 0.320. The van der Waals surface area contributed by atoms with E-state index in [-0.39, 0.29) is 34.0 Å². The van der Waals surface area contributed by atoms with Gasteiger partial charge < -0.3 is 14.4 Å². The summed E-state index contributed by atoms with van der Waals surface area (Å²) in [5.74, 6) is -0.0195. The molecule has 0 N–H and O–H groups in total. The van der Waals surface area contributed by atoms with Crippen LogP contribution in [-0.2, 0) is 13.1 Å². The first-order valence-corrected chi connectivity index (χ1v) is 10.6. The van der Waals surface area contributed by atoms with Gasteiger partial charge in [-0.2, -0.15) is 10.4 Å². The topological polar surface area (TPSA) is 80.4 Å². The number of methoxy groups -OCH3 is 1. The second kappa shape index (κ2) is 8.58. The SMILES string of the molecule is COc1c(C#N)ccc(OCC(C)(C)C)c1C(=O)N1Cc2cn(-c3ccc(F)cc3)nc2C1. The lowest BCUT2D eigenvalue weighted by Crippen LogP contribution is -2.28. The van der Waals surface area contributed by atoms with Crippen molar-refractivity contribution in [1.82, 2.24) is 14.7 Å². The first-order valence-electron chi connectivity index (χ1n) is 10.6. The molecule has 8 heteroatoms. The van der Waals surface area contributed by atoms with Gasteiger partial charge in [0, 0.05) is 18.3 Å². The molecular formula is C25H25FN4O3. The molecular weight excluding hydrogens is 423 g/mol. The van der Waals surface area contributed by atoms with Gasteiger partial charge in [0.25, 0.3) is 5.91 Å². The molecule has 33 heavy (non-hydrogen) atoms. The van der Waals surface area contributed by atoms with E-state index < -0.39 is 0 Å². The number of ether oxygens (including phenoxy) is 2. The van der Waals surface area contributed by atoms with Crippen LogP contribution in [0.3, 0.4) is 0 Å². The van der Waals surface area contributed by atoms with Crippen LogP contribution >= 0.6 is 0 Å². The van der Waals surface area contributed by atoms with Gasteiger partial charge in [-0.25, -0.2) is 9.07 Å². The molecule has 0 fully saturated rings. The van der Waals surface area contributed by atoms with Crippen LogP contribution in [0.2, 0.25) is 0 Å². The highest BCUT2D eigenvalue weighted by atomic mass is 19.1. The van der Waals surface area contributed by atoms with Crippen LogP contribution in [0.15, 0.2) is 42.6 Å². The number of halogens is 1. The zero-order chi connectivity index (χ0) is 23.8. The average molecular weight is 448 g/mol. The van der Waals surface area contributed by atoms with Crippen molar-refractivity contribution in [3.8, 4) is 23.3 Å². The number of benzene rings is 2. The Kier molecular flexibility index (Phi) is 5.81. The van der Waals surface area contributed by atoms with Gasteiger partial charge in [0.2, 0.25) is 0 Å². The molecule has 0 radical (unpaired) electrons. The lowest BCUT2D eigenvalue weighted by atomic mass is 9.98. The van der Waals surface area contributed by atoms with E-state index in [4.69, 9.17) is 9.47 Å². The molecule has 1 aliphatic heterocycles. The second-order valence-corrected chi connectivity index (χ2v) is 9.16. The van der Waals surface area contributed by atoms with Crippen LogP contribution in [0.5, 0.6) is 11.5 Å². The Morgan fingerprint density at radius 3 is 2.52 bits per heavy atom. The molecule has 0 aliphatic carbocycles. The van der Waals surface area contributed by atoms with Crippen molar-refractivity contribution in [3.63, 3.8) is 0 Å². The number of nitrogens with zero attached hydrogens (tertiary/aromatic N) is 4. The first kappa shape index (κ1) is 22.3. The Balaban J connectivity index is 1.62. The number of hydrogen-bond acceptors (Lipinski definition) is 5. The molecule has 2 heterocycles. The molecule has 1 aromatic heterocycles. The van der Waals surface area contributed by atoms with E-state index in [0.29, 0.717) is 25.4 Å². The summed E-state index contributed by atoms with van der Waals surface area (Å²) in [6, 6.07) is 11.4. The summed E-state index contributed by atoms with van der Waals surface area (Å²) in [5.41, 5.74) is 2.79. The van der Waals surface area contributed by atoms with E-state index >= 15 is 0 Å². The lowest BCUT2D eigenvalue weighted by Gasteiger charge is -2.23. The van der Waals surface area contributed by atoms with Gasteiger partial charge in [0.15, 0.2) is 5.75 Å². The van der Waals surface area contributed by atoms with Gasteiger partial charge in [-0.3, -0.25) is 4.79 Å². The Morgan fingerprint density at radius 1 is 1.18 bits per heavy atom. The fourth-order valence-corrected chi connectivity index (χ4v) is 3.66. The predicted molar refractivity (Wildman–Crippen MR) is 120 cm³/mol. The van der Waals surface area contributed by atoms with Gasteiger partial charge >= 0.3 is 0 Å². The van der Waals surface area contributed by atoms with Gasteiger partial charge in [-0.15, -0.1) is 0 Å². The molecule has 3 aromatic rings. The number of nitriles is 1. The van der Waals surface area contributed by atoms with E-state index in [0.717, 1.165) is 16.9 Å². The third-order valence-electron chi connectivity index (χ3n) is 5.28. The Bertz CT molecular complexity index is 1210. The lowest BCUT2D eigenvalue weighted by molar-refractivity contribution is 0.0738. The Morgan fingerprint density at radius 2 is 1.91 bits per heavy atom. The molecule has 0 bridgehead atoms. The summed E-state index contributed by atoms with van der Waals surface area (Å²) in [4.78, 5) is 15.2. The molecule has 0 unspecified atom stereocenters. The molecule has 0 saturated heterocycles. The zero-order valence-corrected chi connectivity index (χ0v) is 19.1. The smallest absolute Gasteiger partial charge is 0.262 e. The molecule has 0 saturated carbocycles. The number of hydrogen-bond donors (Lipinski definition) is 0. The first-order chi connectivity index (χ1) is 15.7. The van der Waals surface area contributed by atoms with Crippen LogP contribution in [0.4, 0.5) is 4.39 Å². The number of aromatic nitrogens is 2. The summed E-state index contributed by atoms with van der Waals surface area (Å²) in [5, 5.41) is 14.1. The van der Waals surface area contributed by atoms with E-state index in [1.54, 1.807) is 33.8 Å². The van der Waals surface area contributed by atoms with Crippen molar-refractivity contribution in [1.29, 1.82) is 5.26 Å². The van der Waals surface area contributed by atoms with Crippen LogP contribution < -0.4 is 9.47 Å². The van der Waals surface area contributed by atoms with Crippen molar-refractivity contribution in [2.75, 3.05) is 13.7 Å². The molecule has 1 aliphatic rings. The quantitative estimate of drug-likeness (QED) is 0.575. The van der Waals surface area contributed by atoms with E-state index in [1.807, 2.05) is 27.0 Å². The van der Waals surface area contributed by atoms with Crippen molar-refractivity contribution >= 4 is 5.91 Å². The highest BCUT2D eigenvalue weighted by molar-refractivity contribution is 6.00. The summed E-state index contributed by atoms with van der Waals surface area (Å²) in [6.07, 6.45) is 1.84. The summed E-state index contributed by atoms with van der Waals surface area (Å²) < 4.78 is 26.3. The van der Waals surface area contributed by atoms with Crippen LogP contribution in [0.1, 0.15) is 48.0 Å². The van der Waals surface area contributed by atoms with E-state index in [2.05, 4.69) is 11.2 Å². The third-order valence-corrected chi connectivity index (χ3v) is 5.28. The number of rotatable bonds is 5. The molecule has 2 aromatic carbocycles. The third kappa shape index (κ3) is 4.53. The van der Waals surface area contributed by atoms with Crippen molar-refractivity contribution in [3.05, 3.63) is 70.8 Å². The number of carbonyl (C=O) groups excluding carboxylic acids is 1. The van der Waals surface area contributed by atoms with Gasteiger partial charge in [-0.05, 0) is 41.8 Å². The molecule has 0 spiro atoms. The normalized spacial score (nSPS) is 12.9. The minimum Gasteiger partial charge on any atom is -0.494 e. The second-order valence-electron chi connectivity index (χ2n) is 9.16. The van der Waals surface area contributed by atoms with Crippen molar-refractivity contribution in [2.24, 2.45) is 5.41 Å². The maximum Gasteiger partial charge on any atom is 0.262 e. The van der Waals surface area contributed by atoms with Gasteiger partial charge in [0.05, 0.1) is 37.2 Å². The standard InChI is InChI=1S/C25H25FN4O3/c1-25(2,3)15-33-21-10-5-16(11-27)23(32-4)22(21)24(31)29-12-17-13-30(28-20(17)14-29)19-8-6-18(26)7-9-19/h5-10,13H,12,14-15H2,1-4H3. The van der Waals surface area contributed by atoms with E-state index in [1.165, 1.54) is 19.2 Å². The monoisotopic (exact) mass is 448 g/mol. The summed E-state index contributed by atoms with van der Waals surface area (Å²) >= 11 is 0. The minimum atomic E-state index is -0.312. The molecule has 1 amide bonds. The largest absolute Gasteiger partial charge is 0.494 e. The molecule has 0 atom stereocenters. The van der Waals surface area contributed by atoms with Crippen LogP contribution in [0, 0.1) is 22.6 Å². The number of fused-ring (bicyclic) bond motifs is 1. The Hall–Kier alpha value is -3.86. The summed E-state index contributed by atoms with van der Waals surface area (Å²) in [6.45, 7) is 7.17. The maximum atomic E-state index is 13.6. The van der Waals surface area contributed by atoms with Gasteiger partial charge in [0.1, 0.15) is 23.2 Å². The minimum absolute atomic E-state index is 0.116. The zero-order valence-electron chi connectivity index (χ0n) is 19.1. The van der Waals surface area contributed by atoms with E-state index in [9.17, 15) is 14.4 Å². The van der Waals surface area contributed by atoms with Crippen molar-refractivity contribution < 1.29 is 18.7 Å². The Labute approximate surface area is 192 Å². The van der Waals surface area contributed by atoms with Crippen molar-refractivity contribution in [2.45, 2.75) is 33.9 Å². The number of carbonyl (C=O) groups is 1. The van der Waals surface area contributed by atoms with Crippen LogP contribution in [-0.4, -0.2) is 34.3 Å². The summed E-state index contributed by atoms with van der Waals surface area (Å²) in [7, 11) is 1.44. The molecule has 170 valence electrons.